The molecule has 1 fully saturated rings. The van der Waals surface area contributed by atoms with E-state index in [1.165, 1.54) is 30.2 Å². The third-order valence-corrected chi connectivity index (χ3v) is 6.52. The van der Waals surface area contributed by atoms with Crippen molar-refractivity contribution in [2.45, 2.75) is 36.4 Å². The molecule has 1 aliphatic carbocycles. The Bertz CT molecular complexity index is 855. The Balaban J connectivity index is 1.36. The predicted octanol–water partition coefficient (Wildman–Crippen LogP) is 4.42. The Hall–Kier alpha value is -1.99. The molecule has 5 nitrogen and oxygen atoms in total. The van der Waals surface area contributed by atoms with Crippen LogP contribution in [0.5, 0.6) is 0 Å². The molecule has 27 heavy (non-hydrogen) atoms. The molecule has 1 N–H and O–H groups in total. The Morgan fingerprint density at radius 3 is 2.81 bits per heavy atom. The van der Waals surface area contributed by atoms with E-state index in [0.29, 0.717) is 12.3 Å². The molecule has 7 heteroatoms. The predicted molar refractivity (Wildman–Crippen MR) is 112 cm³/mol. The number of nitrogens with zero attached hydrogens (tertiary/aromatic N) is 3. The second-order valence-corrected chi connectivity index (χ2v) is 8.62. The molecule has 1 saturated carbocycles. The van der Waals surface area contributed by atoms with Gasteiger partial charge in [0.25, 0.3) is 0 Å². The summed E-state index contributed by atoms with van der Waals surface area (Å²) in [7, 11) is 0. The van der Waals surface area contributed by atoms with Gasteiger partial charge in [-0.2, -0.15) is 0 Å². The maximum Gasteiger partial charge on any atom is 0.234 e. The van der Waals surface area contributed by atoms with E-state index in [1.54, 1.807) is 11.8 Å². The fourth-order valence-corrected chi connectivity index (χ4v) is 4.72. The molecule has 4 rings (SSSR count). The van der Waals surface area contributed by atoms with Crippen LogP contribution in [0.2, 0.25) is 0 Å². The molecule has 1 amide bonds. The first-order valence-electron chi connectivity index (χ1n) is 9.09. The summed E-state index contributed by atoms with van der Waals surface area (Å²) in [5.74, 6) is 3.19. The van der Waals surface area contributed by atoms with Gasteiger partial charge >= 0.3 is 0 Å². The van der Waals surface area contributed by atoms with Crippen LogP contribution in [0, 0.1) is 0 Å². The van der Waals surface area contributed by atoms with Gasteiger partial charge in [0.2, 0.25) is 5.91 Å². The molecule has 1 atom stereocenters. The molecule has 2 heterocycles. The molecule has 1 unspecified atom stereocenters. The fourth-order valence-electron chi connectivity index (χ4n) is 3.09. The molecule has 0 radical (unpaired) electrons. The lowest BCUT2D eigenvalue weighted by molar-refractivity contribution is -0.113. The van der Waals surface area contributed by atoms with Gasteiger partial charge in [0, 0.05) is 23.9 Å². The van der Waals surface area contributed by atoms with Crippen LogP contribution in [0.3, 0.4) is 0 Å². The van der Waals surface area contributed by atoms with E-state index in [2.05, 4.69) is 50.3 Å². The average molecular weight is 399 g/mol. The largest absolute Gasteiger partial charge is 0.325 e. The molecule has 1 aromatic carbocycles. The Labute approximate surface area is 167 Å². The quantitative estimate of drug-likeness (QED) is 0.527. The van der Waals surface area contributed by atoms with Crippen molar-refractivity contribution in [2.75, 3.05) is 16.8 Å². The van der Waals surface area contributed by atoms with Crippen molar-refractivity contribution in [1.82, 2.24) is 14.8 Å². The van der Waals surface area contributed by atoms with Crippen molar-refractivity contribution in [3.05, 3.63) is 59.8 Å². The van der Waals surface area contributed by atoms with Crippen molar-refractivity contribution < 1.29 is 4.79 Å². The number of amides is 1. The van der Waals surface area contributed by atoms with Crippen LogP contribution >= 0.6 is 23.5 Å². The van der Waals surface area contributed by atoms with Crippen molar-refractivity contribution in [3.8, 4) is 0 Å². The minimum Gasteiger partial charge on any atom is -0.325 e. The number of allylic oxidation sites excluding steroid dienone is 2. The van der Waals surface area contributed by atoms with E-state index in [1.807, 2.05) is 18.2 Å². The smallest absolute Gasteiger partial charge is 0.234 e. The zero-order valence-corrected chi connectivity index (χ0v) is 16.6. The number of hydrogen-bond acceptors (Lipinski definition) is 5. The maximum atomic E-state index is 12.3. The standard InChI is InChI=1S/C20H22N4OS2/c1-2-10-24-19(16-9-11-26-12-16)22-23-20(24)27-13-18(25)21-17-7-5-15(6-8-17)14-3-4-14/h2,5-9,11,14,16H,1,3-4,10,12-13H2,(H,21,25). The topological polar surface area (TPSA) is 59.8 Å². The van der Waals surface area contributed by atoms with Gasteiger partial charge in [-0.1, -0.05) is 36.0 Å². The van der Waals surface area contributed by atoms with E-state index in [0.717, 1.165) is 28.3 Å². The number of aromatic nitrogens is 3. The van der Waals surface area contributed by atoms with Gasteiger partial charge in [-0.05, 0) is 41.9 Å². The molecule has 140 valence electrons. The van der Waals surface area contributed by atoms with E-state index in [-0.39, 0.29) is 11.8 Å². The van der Waals surface area contributed by atoms with E-state index in [4.69, 9.17) is 0 Å². The molecule has 0 saturated heterocycles. The highest BCUT2D eigenvalue weighted by atomic mass is 32.2. The molecule has 1 aliphatic heterocycles. The zero-order valence-electron chi connectivity index (χ0n) is 15.0. The Kier molecular flexibility index (Phi) is 5.69. The summed E-state index contributed by atoms with van der Waals surface area (Å²) in [5, 5.41) is 14.5. The zero-order chi connectivity index (χ0) is 18.6. The molecule has 1 aromatic heterocycles. The summed E-state index contributed by atoms with van der Waals surface area (Å²) in [6, 6.07) is 8.19. The summed E-state index contributed by atoms with van der Waals surface area (Å²) in [5.41, 5.74) is 2.21. The second-order valence-electron chi connectivity index (χ2n) is 6.74. The number of nitrogens with one attached hydrogen (secondary N) is 1. The van der Waals surface area contributed by atoms with Crippen LogP contribution in [0.25, 0.3) is 0 Å². The highest BCUT2D eigenvalue weighted by Gasteiger charge is 2.23. The van der Waals surface area contributed by atoms with Gasteiger partial charge in [0.15, 0.2) is 5.16 Å². The number of carbonyl (C=O) groups excluding carboxylic acids is 1. The molecule has 2 aromatic rings. The fraction of sp³-hybridized carbons (Fsp3) is 0.350. The minimum absolute atomic E-state index is 0.0369. The van der Waals surface area contributed by atoms with Gasteiger partial charge in [0.1, 0.15) is 5.82 Å². The lowest BCUT2D eigenvalue weighted by Crippen LogP contribution is -2.15. The first kappa shape index (κ1) is 18.4. The summed E-state index contributed by atoms with van der Waals surface area (Å²) in [6.45, 7) is 4.47. The normalized spacial score (nSPS) is 18.6. The van der Waals surface area contributed by atoms with E-state index >= 15 is 0 Å². The van der Waals surface area contributed by atoms with Crippen LogP contribution in [0.4, 0.5) is 5.69 Å². The van der Waals surface area contributed by atoms with Crippen molar-refractivity contribution in [2.24, 2.45) is 0 Å². The van der Waals surface area contributed by atoms with Crippen LogP contribution in [0.1, 0.15) is 36.1 Å². The van der Waals surface area contributed by atoms with Crippen LogP contribution in [-0.2, 0) is 11.3 Å². The van der Waals surface area contributed by atoms with Crippen molar-refractivity contribution in [1.29, 1.82) is 0 Å². The van der Waals surface area contributed by atoms with Gasteiger partial charge in [-0.25, -0.2) is 0 Å². The van der Waals surface area contributed by atoms with Gasteiger partial charge in [-0.15, -0.1) is 28.5 Å². The van der Waals surface area contributed by atoms with Crippen molar-refractivity contribution >= 4 is 35.1 Å². The van der Waals surface area contributed by atoms with Gasteiger partial charge in [0.05, 0.1) is 5.75 Å². The SMILES string of the molecule is C=CCn1c(SCC(=O)Nc2ccc(C3CC3)cc2)nnc1C1C=CSC1. The first-order valence-corrected chi connectivity index (χ1v) is 11.1. The number of carbonyl (C=O) groups is 1. The second kappa shape index (κ2) is 8.35. The lowest BCUT2D eigenvalue weighted by Gasteiger charge is -2.11. The van der Waals surface area contributed by atoms with E-state index in [9.17, 15) is 4.79 Å². The van der Waals surface area contributed by atoms with Gasteiger partial charge < -0.3 is 9.88 Å². The summed E-state index contributed by atoms with van der Waals surface area (Å²) in [6.07, 6.45) is 6.56. The maximum absolute atomic E-state index is 12.3. The monoisotopic (exact) mass is 398 g/mol. The number of hydrogen-bond donors (Lipinski definition) is 1. The van der Waals surface area contributed by atoms with Crippen LogP contribution < -0.4 is 5.32 Å². The lowest BCUT2D eigenvalue weighted by atomic mass is 10.1. The van der Waals surface area contributed by atoms with E-state index < -0.39 is 0 Å². The third-order valence-electron chi connectivity index (χ3n) is 4.65. The molecular formula is C20H22N4OS2. The summed E-state index contributed by atoms with van der Waals surface area (Å²) < 4.78 is 2.05. The summed E-state index contributed by atoms with van der Waals surface area (Å²) >= 11 is 3.19. The summed E-state index contributed by atoms with van der Waals surface area (Å²) in [4.78, 5) is 12.3. The Morgan fingerprint density at radius 1 is 1.33 bits per heavy atom. The van der Waals surface area contributed by atoms with Crippen LogP contribution in [0.15, 0.2) is 53.6 Å². The first-order chi connectivity index (χ1) is 13.2. The third kappa shape index (κ3) is 4.47. The highest BCUT2D eigenvalue weighted by Crippen LogP contribution is 2.40. The Morgan fingerprint density at radius 2 is 2.15 bits per heavy atom. The molecule has 2 aliphatic rings. The molecule has 0 spiro atoms. The van der Waals surface area contributed by atoms with Crippen molar-refractivity contribution in [3.63, 3.8) is 0 Å². The molecular weight excluding hydrogens is 376 g/mol. The number of rotatable bonds is 8. The highest BCUT2D eigenvalue weighted by molar-refractivity contribution is 8.02. The number of thioether (sulfide) groups is 2. The average Bonchev–Trinajstić information content (AvgIpc) is 3.23. The number of benzene rings is 1. The molecule has 0 bridgehead atoms. The van der Waals surface area contributed by atoms with Gasteiger partial charge in [-0.3, -0.25) is 4.79 Å². The number of anilines is 1. The minimum atomic E-state index is -0.0369. The van der Waals surface area contributed by atoms with Crippen LogP contribution in [-0.4, -0.2) is 32.2 Å².